The summed E-state index contributed by atoms with van der Waals surface area (Å²) in [5.74, 6) is 0.189. The van der Waals surface area contributed by atoms with Gasteiger partial charge in [-0.2, -0.15) is 0 Å². The second-order valence-electron chi connectivity index (χ2n) is 8.38. The number of aliphatic imine (C=N–C) groups is 1. The number of nitrogens with one attached hydrogen (secondary N) is 1. The first-order chi connectivity index (χ1) is 14.7. The van der Waals surface area contributed by atoms with E-state index >= 15 is 0 Å². The molecule has 2 atom stereocenters. The van der Waals surface area contributed by atoms with Gasteiger partial charge in [0.2, 0.25) is 5.95 Å². The smallest absolute Gasteiger partial charge is 0.220 e. The van der Waals surface area contributed by atoms with Crippen LogP contribution < -0.4 is 11.1 Å². The standard InChI is InChI=1S/C22H27BrFN5O2/c1-12-19-18(29-21(25)27-12)10-17(15-7-6-13(24)9-16(15)23)28-20(19)26-8-4-5-14-11-30-22(2,3)31-14/h6-7,9,14,17H,4-5,8,10-11H2,1-3H3,(H,26,28)(H2,25,27,29)/t14-,17+/m0/s1. The number of hydrogen-bond donors (Lipinski definition) is 2. The van der Waals surface area contributed by atoms with Gasteiger partial charge in [-0.15, -0.1) is 0 Å². The van der Waals surface area contributed by atoms with Gasteiger partial charge >= 0.3 is 0 Å². The summed E-state index contributed by atoms with van der Waals surface area (Å²) < 4.78 is 25.8. The minimum absolute atomic E-state index is 0.0922. The maximum atomic E-state index is 13.6. The molecule has 0 aliphatic carbocycles. The number of aromatic nitrogens is 2. The highest BCUT2D eigenvalue weighted by atomic mass is 79.9. The number of ether oxygens (including phenoxy) is 2. The number of nitrogens with zero attached hydrogens (tertiary/aromatic N) is 3. The fourth-order valence-electron chi connectivity index (χ4n) is 4.10. The summed E-state index contributed by atoms with van der Waals surface area (Å²) in [5.41, 5.74) is 9.38. The number of fused-ring (bicyclic) bond motifs is 1. The summed E-state index contributed by atoms with van der Waals surface area (Å²) in [4.78, 5) is 13.6. The highest BCUT2D eigenvalue weighted by Crippen LogP contribution is 2.32. The van der Waals surface area contributed by atoms with Gasteiger partial charge in [0, 0.05) is 17.4 Å². The Morgan fingerprint density at radius 2 is 2.16 bits per heavy atom. The quantitative estimate of drug-likeness (QED) is 0.617. The number of halogens is 2. The number of nitrogen functional groups attached to an aromatic ring is 1. The highest BCUT2D eigenvalue weighted by Gasteiger charge is 2.32. The van der Waals surface area contributed by atoms with Gasteiger partial charge in [0.1, 0.15) is 11.7 Å². The van der Waals surface area contributed by atoms with Gasteiger partial charge in [-0.25, -0.2) is 14.4 Å². The monoisotopic (exact) mass is 491 g/mol. The fraction of sp³-hybridized carbons (Fsp3) is 0.500. The molecular weight excluding hydrogens is 465 g/mol. The van der Waals surface area contributed by atoms with E-state index in [1.165, 1.54) is 12.1 Å². The SMILES string of the molecule is Cc1nc(N)nc2c1/C(=N/CCC[C@H]1COC(C)(C)O1)N[C@@H](c1ccc(F)cc1Br)C2. The number of aryl methyl sites for hydroxylation is 1. The number of amidine groups is 1. The number of anilines is 1. The lowest BCUT2D eigenvalue weighted by atomic mass is 9.93. The van der Waals surface area contributed by atoms with Gasteiger partial charge in [-0.05, 0) is 51.3 Å². The number of benzene rings is 1. The maximum Gasteiger partial charge on any atom is 0.220 e. The number of nitrogens with two attached hydrogens (primary N) is 1. The van der Waals surface area contributed by atoms with Crippen molar-refractivity contribution in [1.29, 1.82) is 0 Å². The summed E-state index contributed by atoms with van der Waals surface area (Å²) >= 11 is 3.48. The van der Waals surface area contributed by atoms with Crippen LogP contribution in [0, 0.1) is 12.7 Å². The van der Waals surface area contributed by atoms with Crippen molar-refractivity contribution in [3.63, 3.8) is 0 Å². The molecule has 1 saturated heterocycles. The normalized spacial score (nSPS) is 23.6. The lowest BCUT2D eigenvalue weighted by molar-refractivity contribution is -0.138. The van der Waals surface area contributed by atoms with Crippen molar-refractivity contribution in [3.8, 4) is 0 Å². The number of rotatable bonds is 5. The molecule has 2 aliphatic heterocycles. The second-order valence-corrected chi connectivity index (χ2v) is 9.23. The molecule has 4 rings (SSSR count). The van der Waals surface area contributed by atoms with E-state index in [9.17, 15) is 4.39 Å². The van der Waals surface area contributed by atoms with Crippen LogP contribution in [-0.2, 0) is 15.9 Å². The van der Waals surface area contributed by atoms with Crippen LogP contribution >= 0.6 is 15.9 Å². The average Bonchev–Trinajstić information content (AvgIpc) is 3.03. The van der Waals surface area contributed by atoms with E-state index in [0.29, 0.717) is 24.0 Å². The van der Waals surface area contributed by atoms with Gasteiger partial charge in [0.15, 0.2) is 5.79 Å². The molecule has 31 heavy (non-hydrogen) atoms. The van der Waals surface area contributed by atoms with E-state index in [1.54, 1.807) is 6.07 Å². The molecular formula is C22H27BrFN5O2. The molecule has 2 aliphatic rings. The summed E-state index contributed by atoms with van der Waals surface area (Å²) in [5, 5.41) is 3.51. The molecule has 1 aromatic heterocycles. The van der Waals surface area contributed by atoms with Crippen LogP contribution in [-0.4, -0.2) is 40.8 Å². The minimum atomic E-state index is -0.509. The van der Waals surface area contributed by atoms with Crippen LogP contribution in [0.2, 0.25) is 0 Å². The molecule has 9 heteroatoms. The average molecular weight is 492 g/mol. The Kier molecular flexibility index (Phi) is 6.27. The highest BCUT2D eigenvalue weighted by molar-refractivity contribution is 9.10. The molecule has 2 aromatic rings. The van der Waals surface area contributed by atoms with Crippen LogP contribution in [0.3, 0.4) is 0 Å². The third kappa shape index (κ3) is 5.05. The molecule has 3 N–H and O–H groups in total. The van der Waals surface area contributed by atoms with Crippen LogP contribution in [0.25, 0.3) is 0 Å². The Labute approximate surface area is 189 Å². The van der Waals surface area contributed by atoms with Crippen LogP contribution in [0.5, 0.6) is 0 Å². The summed E-state index contributed by atoms with van der Waals surface area (Å²) in [7, 11) is 0. The first-order valence-corrected chi connectivity index (χ1v) is 11.2. The third-order valence-corrected chi connectivity index (χ3v) is 6.17. The van der Waals surface area contributed by atoms with Crippen molar-refractivity contribution in [2.45, 2.75) is 58.0 Å². The maximum absolute atomic E-state index is 13.6. The topological polar surface area (TPSA) is 94.7 Å². The third-order valence-electron chi connectivity index (χ3n) is 5.49. The largest absolute Gasteiger partial charge is 0.368 e. The minimum Gasteiger partial charge on any atom is -0.368 e. The molecule has 166 valence electrons. The Bertz CT molecular complexity index is 1010. The van der Waals surface area contributed by atoms with E-state index in [2.05, 4.69) is 31.2 Å². The van der Waals surface area contributed by atoms with E-state index < -0.39 is 5.79 Å². The molecule has 1 aromatic carbocycles. The van der Waals surface area contributed by atoms with Crippen molar-refractivity contribution in [2.24, 2.45) is 4.99 Å². The van der Waals surface area contributed by atoms with Crippen LogP contribution in [0.15, 0.2) is 27.7 Å². The van der Waals surface area contributed by atoms with Crippen molar-refractivity contribution < 1.29 is 13.9 Å². The van der Waals surface area contributed by atoms with E-state index in [-0.39, 0.29) is 23.9 Å². The van der Waals surface area contributed by atoms with Crippen molar-refractivity contribution in [1.82, 2.24) is 15.3 Å². The van der Waals surface area contributed by atoms with Gasteiger partial charge in [-0.3, -0.25) is 4.99 Å². The molecule has 7 nitrogen and oxygen atoms in total. The van der Waals surface area contributed by atoms with E-state index in [0.717, 1.165) is 41.2 Å². The molecule has 0 bridgehead atoms. The zero-order chi connectivity index (χ0) is 22.2. The lowest BCUT2D eigenvalue weighted by Gasteiger charge is -2.29. The zero-order valence-corrected chi connectivity index (χ0v) is 19.5. The fourth-order valence-corrected chi connectivity index (χ4v) is 4.73. The first-order valence-electron chi connectivity index (χ1n) is 10.4. The van der Waals surface area contributed by atoms with Gasteiger partial charge in [0.05, 0.1) is 35.7 Å². The Morgan fingerprint density at radius 1 is 1.35 bits per heavy atom. The molecule has 0 radical (unpaired) electrons. The number of hydrogen-bond acceptors (Lipinski definition) is 6. The van der Waals surface area contributed by atoms with Crippen LogP contribution in [0.1, 0.15) is 55.2 Å². The van der Waals surface area contributed by atoms with E-state index in [1.807, 2.05) is 20.8 Å². The van der Waals surface area contributed by atoms with Crippen molar-refractivity contribution in [3.05, 3.63) is 51.0 Å². The predicted molar refractivity (Wildman–Crippen MR) is 120 cm³/mol. The predicted octanol–water partition coefficient (Wildman–Crippen LogP) is 3.83. The van der Waals surface area contributed by atoms with Crippen molar-refractivity contribution >= 4 is 27.7 Å². The summed E-state index contributed by atoms with van der Waals surface area (Å²) in [6, 6.07) is 4.59. The lowest BCUT2D eigenvalue weighted by Crippen LogP contribution is -2.38. The molecule has 0 saturated carbocycles. The zero-order valence-electron chi connectivity index (χ0n) is 17.9. The molecule has 0 unspecified atom stereocenters. The van der Waals surface area contributed by atoms with Gasteiger partial charge < -0.3 is 20.5 Å². The first kappa shape index (κ1) is 22.1. The van der Waals surface area contributed by atoms with Gasteiger partial charge in [0.25, 0.3) is 0 Å². The van der Waals surface area contributed by atoms with E-state index in [4.69, 9.17) is 20.2 Å². The Hall–Kier alpha value is -2.10. The molecule has 1 fully saturated rings. The molecule has 3 heterocycles. The van der Waals surface area contributed by atoms with Gasteiger partial charge in [-0.1, -0.05) is 22.0 Å². The summed E-state index contributed by atoms with van der Waals surface area (Å²) in [6.07, 6.45) is 2.44. The second kappa shape index (κ2) is 8.80. The molecule has 0 amide bonds. The Balaban J connectivity index is 1.54. The van der Waals surface area contributed by atoms with Crippen molar-refractivity contribution in [2.75, 3.05) is 18.9 Å². The summed E-state index contributed by atoms with van der Waals surface area (Å²) in [6.45, 7) is 7.01. The Morgan fingerprint density at radius 3 is 2.87 bits per heavy atom. The molecule has 0 spiro atoms. The van der Waals surface area contributed by atoms with Crippen LogP contribution in [0.4, 0.5) is 10.3 Å².